The van der Waals surface area contributed by atoms with Crippen LogP contribution in [0.3, 0.4) is 0 Å². The third-order valence-corrected chi connectivity index (χ3v) is 5.32. The predicted octanol–water partition coefficient (Wildman–Crippen LogP) is 2.47. The van der Waals surface area contributed by atoms with Crippen LogP contribution in [-0.4, -0.2) is 50.5 Å². The average molecular weight is 404 g/mol. The van der Waals surface area contributed by atoms with E-state index in [0.29, 0.717) is 17.6 Å². The van der Waals surface area contributed by atoms with Crippen LogP contribution in [0, 0.1) is 5.92 Å². The van der Waals surface area contributed by atoms with Crippen LogP contribution in [-0.2, 0) is 14.3 Å². The van der Waals surface area contributed by atoms with E-state index in [9.17, 15) is 9.59 Å². The fraction of sp³-hybridized carbons (Fsp3) is 0.526. The standard InChI is InChI=1S/C19H25N5O3S/c1-12(2)10-15(18(26)27-3)21-16(25)11-28-19-23-22-17(24(19)14-4-5-14)13-6-8-20-9-7-13/h6-9,12,14-15H,4-5,10-11H2,1-3H3,(H,21,25)/t15-/m1/s1. The van der Waals surface area contributed by atoms with Crippen LogP contribution in [0.1, 0.15) is 39.2 Å². The number of pyridine rings is 1. The van der Waals surface area contributed by atoms with Gasteiger partial charge in [0.25, 0.3) is 0 Å². The Kier molecular flexibility index (Phi) is 6.66. The topological polar surface area (TPSA) is 99.0 Å². The fourth-order valence-corrected chi connectivity index (χ4v) is 3.75. The van der Waals surface area contributed by atoms with Crippen LogP contribution < -0.4 is 5.32 Å². The van der Waals surface area contributed by atoms with Gasteiger partial charge >= 0.3 is 5.97 Å². The Hall–Kier alpha value is -2.42. The Labute approximate surface area is 168 Å². The molecule has 0 bridgehead atoms. The van der Waals surface area contributed by atoms with Crippen LogP contribution >= 0.6 is 11.8 Å². The predicted molar refractivity (Wildman–Crippen MR) is 106 cm³/mol. The van der Waals surface area contributed by atoms with E-state index < -0.39 is 12.0 Å². The second-order valence-electron chi connectivity index (χ2n) is 7.20. The van der Waals surface area contributed by atoms with Gasteiger partial charge in [-0.3, -0.25) is 14.3 Å². The number of carbonyl (C=O) groups is 2. The first-order valence-corrected chi connectivity index (χ1v) is 10.3. The van der Waals surface area contributed by atoms with Gasteiger partial charge in [0.05, 0.1) is 12.9 Å². The Morgan fingerprint density at radius 1 is 1.29 bits per heavy atom. The molecule has 2 aromatic rings. The zero-order valence-corrected chi connectivity index (χ0v) is 17.1. The number of hydrogen-bond donors (Lipinski definition) is 1. The largest absolute Gasteiger partial charge is 0.467 e. The Bertz CT molecular complexity index is 820. The van der Waals surface area contributed by atoms with E-state index in [4.69, 9.17) is 4.74 Å². The molecular formula is C19H25N5O3S. The van der Waals surface area contributed by atoms with Crippen molar-refractivity contribution in [2.75, 3.05) is 12.9 Å². The summed E-state index contributed by atoms with van der Waals surface area (Å²) in [5, 5.41) is 12.1. The van der Waals surface area contributed by atoms with Crippen molar-refractivity contribution in [2.45, 2.75) is 50.4 Å². The van der Waals surface area contributed by atoms with Gasteiger partial charge in [0.2, 0.25) is 5.91 Å². The van der Waals surface area contributed by atoms with Crippen molar-refractivity contribution in [3.63, 3.8) is 0 Å². The molecule has 2 aromatic heterocycles. The monoisotopic (exact) mass is 403 g/mol. The van der Waals surface area contributed by atoms with E-state index in [-0.39, 0.29) is 17.6 Å². The van der Waals surface area contributed by atoms with E-state index in [1.165, 1.54) is 18.9 Å². The third kappa shape index (κ3) is 5.09. The molecule has 8 nitrogen and oxygen atoms in total. The SMILES string of the molecule is COC(=O)[C@@H](CC(C)C)NC(=O)CSc1nnc(-c2ccncc2)n1C1CC1. The van der Waals surface area contributed by atoms with Gasteiger partial charge in [-0.15, -0.1) is 10.2 Å². The van der Waals surface area contributed by atoms with Crippen molar-refractivity contribution in [2.24, 2.45) is 5.92 Å². The number of methoxy groups -OCH3 is 1. The minimum atomic E-state index is -0.633. The van der Waals surface area contributed by atoms with E-state index in [1.54, 1.807) is 12.4 Å². The van der Waals surface area contributed by atoms with Crippen molar-refractivity contribution in [1.29, 1.82) is 0 Å². The van der Waals surface area contributed by atoms with Gasteiger partial charge in [-0.05, 0) is 37.3 Å². The summed E-state index contributed by atoms with van der Waals surface area (Å²) in [6, 6.07) is 3.53. The first-order valence-electron chi connectivity index (χ1n) is 9.35. The molecule has 150 valence electrons. The van der Waals surface area contributed by atoms with Gasteiger partial charge in [0, 0.05) is 24.0 Å². The lowest BCUT2D eigenvalue weighted by molar-refractivity contribution is -0.145. The summed E-state index contributed by atoms with van der Waals surface area (Å²) in [6.07, 6.45) is 6.14. The minimum absolute atomic E-state index is 0.160. The quantitative estimate of drug-likeness (QED) is 0.507. The van der Waals surface area contributed by atoms with Gasteiger partial charge in [0.15, 0.2) is 11.0 Å². The molecule has 1 aliphatic rings. The number of amides is 1. The molecule has 9 heteroatoms. The molecule has 3 rings (SSSR count). The number of hydrogen-bond acceptors (Lipinski definition) is 7. The van der Waals surface area contributed by atoms with Crippen LogP contribution in [0.5, 0.6) is 0 Å². The molecule has 0 saturated heterocycles. The zero-order valence-electron chi connectivity index (χ0n) is 16.3. The molecule has 1 saturated carbocycles. The number of aromatic nitrogens is 4. The van der Waals surface area contributed by atoms with E-state index in [0.717, 1.165) is 24.2 Å². The van der Waals surface area contributed by atoms with Gasteiger partial charge in [-0.25, -0.2) is 4.79 Å². The molecule has 1 fully saturated rings. The van der Waals surface area contributed by atoms with Crippen molar-refractivity contribution in [1.82, 2.24) is 25.1 Å². The first kappa shape index (κ1) is 20.3. The number of esters is 1. The summed E-state index contributed by atoms with van der Waals surface area (Å²) in [7, 11) is 1.33. The lowest BCUT2D eigenvalue weighted by atomic mass is 10.0. The van der Waals surface area contributed by atoms with E-state index >= 15 is 0 Å². The molecule has 0 radical (unpaired) electrons. The summed E-state index contributed by atoms with van der Waals surface area (Å²) < 4.78 is 6.89. The summed E-state index contributed by atoms with van der Waals surface area (Å²) in [5.74, 6) is 0.565. The number of carbonyl (C=O) groups excluding carboxylic acids is 2. The highest BCUT2D eigenvalue weighted by molar-refractivity contribution is 7.99. The highest BCUT2D eigenvalue weighted by atomic mass is 32.2. The molecule has 0 aliphatic heterocycles. The summed E-state index contributed by atoms with van der Waals surface area (Å²) in [5.41, 5.74) is 0.952. The van der Waals surface area contributed by atoms with Crippen molar-refractivity contribution < 1.29 is 14.3 Å². The summed E-state index contributed by atoms with van der Waals surface area (Å²) in [6.45, 7) is 3.99. The molecule has 1 aliphatic carbocycles. The number of nitrogens with one attached hydrogen (secondary N) is 1. The van der Waals surface area contributed by atoms with Crippen LogP contribution in [0.25, 0.3) is 11.4 Å². The van der Waals surface area contributed by atoms with Crippen molar-refractivity contribution in [3.8, 4) is 11.4 Å². The molecule has 1 N–H and O–H groups in total. The van der Waals surface area contributed by atoms with Crippen LogP contribution in [0.15, 0.2) is 29.7 Å². The minimum Gasteiger partial charge on any atom is -0.467 e. The molecule has 0 unspecified atom stereocenters. The molecule has 0 aromatic carbocycles. The normalized spacial score (nSPS) is 14.7. The van der Waals surface area contributed by atoms with Crippen molar-refractivity contribution in [3.05, 3.63) is 24.5 Å². The molecule has 1 amide bonds. The Morgan fingerprint density at radius 3 is 2.61 bits per heavy atom. The van der Waals surface area contributed by atoms with Gasteiger partial charge in [-0.2, -0.15) is 0 Å². The zero-order chi connectivity index (χ0) is 20.1. The maximum atomic E-state index is 12.4. The number of ether oxygens (including phenoxy) is 1. The van der Waals surface area contributed by atoms with Gasteiger partial charge in [-0.1, -0.05) is 25.6 Å². The van der Waals surface area contributed by atoms with Crippen LogP contribution in [0.4, 0.5) is 0 Å². The van der Waals surface area contributed by atoms with Crippen molar-refractivity contribution >= 4 is 23.6 Å². The average Bonchev–Trinajstić information content (AvgIpc) is 3.44. The second kappa shape index (κ2) is 9.18. The lowest BCUT2D eigenvalue weighted by Crippen LogP contribution is -2.43. The smallest absolute Gasteiger partial charge is 0.328 e. The first-order chi connectivity index (χ1) is 13.5. The lowest BCUT2D eigenvalue weighted by Gasteiger charge is -2.18. The maximum absolute atomic E-state index is 12.4. The molecule has 0 spiro atoms. The Morgan fingerprint density at radius 2 is 2.00 bits per heavy atom. The second-order valence-corrected chi connectivity index (χ2v) is 8.15. The highest BCUT2D eigenvalue weighted by Gasteiger charge is 2.30. The summed E-state index contributed by atoms with van der Waals surface area (Å²) in [4.78, 5) is 28.3. The molecular weight excluding hydrogens is 378 g/mol. The third-order valence-electron chi connectivity index (χ3n) is 4.38. The number of rotatable bonds is 9. The fourth-order valence-electron chi connectivity index (χ4n) is 2.93. The van der Waals surface area contributed by atoms with Gasteiger partial charge in [0.1, 0.15) is 6.04 Å². The maximum Gasteiger partial charge on any atom is 0.328 e. The molecule has 2 heterocycles. The Balaban J connectivity index is 1.66. The van der Waals surface area contributed by atoms with E-state index in [2.05, 4.69) is 25.1 Å². The van der Waals surface area contributed by atoms with E-state index in [1.807, 2.05) is 26.0 Å². The number of thioether (sulfide) groups is 1. The van der Waals surface area contributed by atoms with Gasteiger partial charge < -0.3 is 10.1 Å². The molecule has 28 heavy (non-hydrogen) atoms. The number of nitrogens with zero attached hydrogens (tertiary/aromatic N) is 4. The van der Waals surface area contributed by atoms with Crippen LogP contribution in [0.2, 0.25) is 0 Å². The highest BCUT2D eigenvalue weighted by Crippen LogP contribution is 2.40. The summed E-state index contributed by atoms with van der Waals surface area (Å²) >= 11 is 1.33. The molecule has 1 atom stereocenters.